The lowest BCUT2D eigenvalue weighted by Gasteiger charge is -2.33. The maximum atomic E-state index is 14.7. The highest BCUT2D eigenvalue weighted by Crippen LogP contribution is 2.31. The van der Waals surface area contributed by atoms with E-state index >= 15 is 0 Å². The number of hydrazone groups is 1. The monoisotopic (exact) mass is 421 g/mol. The minimum atomic E-state index is -0.337. The van der Waals surface area contributed by atoms with E-state index in [1.165, 1.54) is 12.1 Å². The van der Waals surface area contributed by atoms with E-state index in [1.54, 1.807) is 47.9 Å². The van der Waals surface area contributed by atoms with Crippen molar-refractivity contribution >= 4 is 23.9 Å². The molecule has 2 aromatic rings. The summed E-state index contributed by atoms with van der Waals surface area (Å²) in [5.74, 6) is -0.0403. The van der Waals surface area contributed by atoms with Crippen LogP contribution in [0.3, 0.4) is 0 Å². The molecule has 5 nitrogen and oxygen atoms in total. The molecule has 0 radical (unpaired) electrons. The molecule has 160 valence electrons. The summed E-state index contributed by atoms with van der Waals surface area (Å²) in [4.78, 5) is 6.34. The lowest BCUT2D eigenvalue weighted by atomic mass is 9.96. The zero-order valence-corrected chi connectivity index (χ0v) is 17.6. The van der Waals surface area contributed by atoms with Crippen molar-refractivity contribution < 1.29 is 8.78 Å². The highest BCUT2D eigenvalue weighted by atomic mass is 19.1. The van der Waals surface area contributed by atoms with Gasteiger partial charge in [-0.1, -0.05) is 50.3 Å². The summed E-state index contributed by atoms with van der Waals surface area (Å²) < 4.78 is 29.1. The zero-order chi connectivity index (χ0) is 22.0. The number of hydrogen-bond donors (Lipinski definition) is 1. The van der Waals surface area contributed by atoms with Crippen LogP contribution >= 0.6 is 0 Å². The van der Waals surface area contributed by atoms with Gasteiger partial charge in [0.05, 0.1) is 0 Å². The van der Waals surface area contributed by atoms with Crippen LogP contribution in [0.5, 0.6) is 0 Å². The molecule has 7 heteroatoms. The first-order valence-corrected chi connectivity index (χ1v) is 10.3. The molecule has 0 saturated heterocycles. The van der Waals surface area contributed by atoms with Crippen molar-refractivity contribution in [1.82, 2.24) is 15.2 Å². The van der Waals surface area contributed by atoms with Crippen LogP contribution in [0.15, 0.2) is 59.3 Å². The second-order valence-corrected chi connectivity index (χ2v) is 7.50. The summed E-state index contributed by atoms with van der Waals surface area (Å²) >= 11 is 0. The Hall–Kier alpha value is -3.48. The van der Waals surface area contributed by atoms with Gasteiger partial charge in [-0.25, -0.2) is 13.8 Å². The van der Waals surface area contributed by atoms with Crippen molar-refractivity contribution in [1.29, 1.82) is 0 Å². The van der Waals surface area contributed by atoms with Crippen molar-refractivity contribution in [3.63, 3.8) is 0 Å². The van der Waals surface area contributed by atoms with Crippen LogP contribution in [0, 0.1) is 11.6 Å². The first-order valence-electron chi connectivity index (χ1n) is 10.3. The summed E-state index contributed by atoms with van der Waals surface area (Å²) in [5.41, 5.74) is 3.68. The Labute approximate surface area is 181 Å². The number of hydrogen-bond acceptors (Lipinski definition) is 5. The van der Waals surface area contributed by atoms with Crippen molar-refractivity contribution in [3.05, 3.63) is 83.1 Å². The topological polar surface area (TPSA) is 43.2 Å². The summed E-state index contributed by atoms with van der Waals surface area (Å²) in [6, 6.07) is 9.84. The second-order valence-electron chi connectivity index (χ2n) is 7.50. The van der Waals surface area contributed by atoms with E-state index in [1.807, 2.05) is 11.9 Å². The van der Waals surface area contributed by atoms with Gasteiger partial charge in [-0.2, -0.15) is 5.10 Å². The minimum Gasteiger partial charge on any atom is -0.351 e. The van der Waals surface area contributed by atoms with Crippen LogP contribution in [0.1, 0.15) is 35.6 Å². The highest BCUT2D eigenvalue weighted by Gasteiger charge is 2.36. The van der Waals surface area contributed by atoms with Crippen LogP contribution in [-0.2, 0) is 13.0 Å². The largest absolute Gasteiger partial charge is 0.351 e. The molecule has 2 aromatic carbocycles. The highest BCUT2D eigenvalue weighted by molar-refractivity contribution is 5.96. The fraction of sp³-hybridized carbons (Fsp3) is 0.250. The zero-order valence-electron chi connectivity index (χ0n) is 17.6. The van der Waals surface area contributed by atoms with Gasteiger partial charge in [-0.3, -0.25) is 9.91 Å². The predicted octanol–water partition coefficient (Wildman–Crippen LogP) is 4.58. The van der Waals surface area contributed by atoms with E-state index in [9.17, 15) is 8.78 Å². The summed E-state index contributed by atoms with van der Waals surface area (Å²) in [5, 5.41) is 9.34. The summed E-state index contributed by atoms with van der Waals surface area (Å²) in [6.07, 6.45) is 6.38. The number of fused-ring (bicyclic) bond motifs is 1. The van der Waals surface area contributed by atoms with E-state index < -0.39 is 0 Å². The van der Waals surface area contributed by atoms with Gasteiger partial charge in [0, 0.05) is 36.5 Å². The Bertz CT molecular complexity index is 1090. The number of likely N-dealkylation sites (N-methyl/N-ethyl adjacent to an activating group) is 1. The molecule has 0 fully saturated rings. The molecule has 0 saturated carbocycles. The molecular formula is C24H25F2N5. The molecule has 0 aliphatic carbocycles. The molecule has 1 N–H and O–H groups in total. The standard InChI is InChI=1S/C24H25F2N5/c1-4-8-17-16(5-2)11-12-22(26)19(17)13-27-24-28-14-20(18-9-6-7-10-21(18)25)23-30(3)29-15-31(23)24/h5-7,9-12,14-15,23H,2,4,8,13H2,1,3H3,(H,27,28). The Kier molecular flexibility index (Phi) is 5.84. The number of benzene rings is 2. The van der Waals surface area contributed by atoms with Crippen LogP contribution in [-0.4, -0.2) is 35.4 Å². The average molecular weight is 421 g/mol. The van der Waals surface area contributed by atoms with Crippen molar-refractivity contribution in [3.8, 4) is 0 Å². The molecule has 1 unspecified atom stereocenters. The van der Waals surface area contributed by atoms with Gasteiger partial charge in [0.25, 0.3) is 0 Å². The van der Waals surface area contributed by atoms with Gasteiger partial charge >= 0.3 is 0 Å². The Morgan fingerprint density at radius 1 is 1.13 bits per heavy atom. The van der Waals surface area contributed by atoms with Gasteiger partial charge in [-0.05, 0) is 29.7 Å². The van der Waals surface area contributed by atoms with E-state index in [0.717, 1.165) is 24.0 Å². The number of halogens is 2. The van der Waals surface area contributed by atoms with Gasteiger partial charge in [0.1, 0.15) is 18.0 Å². The average Bonchev–Trinajstić information content (AvgIpc) is 3.16. The van der Waals surface area contributed by atoms with E-state index in [-0.39, 0.29) is 24.3 Å². The van der Waals surface area contributed by atoms with Crippen LogP contribution in [0.2, 0.25) is 0 Å². The van der Waals surface area contributed by atoms with Gasteiger partial charge < -0.3 is 5.32 Å². The normalized spacial score (nSPS) is 17.4. The summed E-state index contributed by atoms with van der Waals surface area (Å²) in [6.45, 7) is 6.19. The molecule has 1 atom stereocenters. The molecular weight excluding hydrogens is 396 g/mol. The smallest absolute Gasteiger partial charge is 0.206 e. The lowest BCUT2D eigenvalue weighted by Crippen LogP contribution is -2.49. The molecule has 31 heavy (non-hydrogen) atoms. The third-order valence-corrected chi connectivity index (χ3v) is 5.56. The van der Waals surface area contributed by atoms with Crippen molar-refractivity contribution in [2.24, 2.45) is 10.1 Å². The van der Waals surface area contributed by atoms with E-state index in [2.05, 4.69) is 28.9 Å². The van der Waals surface area contributed by atoms with Gasteiger partial charge in [0.15, 0.2) is 6.17 Å². The third kappa shape index (κ3) is 3.83. The number of guanidine groups is 1. The Morgan fingerprint density at radius 3 is 2.68 bits per heavy atom. The lowest BCUT2D eigenvalue weighted by molar-refractivity contribution is 0.259. The van der Waals surface area contributed by atoms with Gasteiger partial charge in [-0.15, -0.1) is 0 Å². The minimum absolute atomic E-state index is 0.260. The fourth-order valence-corrected chi connectivity index (χ4v) is 4.05. The van der Waals surface area contributed by atoms with Crippen LogP contribution in [0.25, 0.3) is 11.6 Å². The molecule has 2 aliphatic heterocycles. The van der Waals surface area contributed by atoms with Crippen molar-refractivity contribution in [2.45, 2.75) is 32.5 Å². The third-order valence-electron chi connectivity index (χ3n) is 5.56. The second kappa shape index (κ2) is 8.71. The SMILES string of the molecule is C=Cc1ccc(F)c(CNC2=NC=C(c3ccccc3F)C3N(C)N=CN23)c1CCC. The van der Waals surface area contributed by atoms with Gasteiger partial charge in [0.2, 0.25) is 5.96 Å². The molecule has 2 aliphatic rings. The van der Waals surface area contributed by atoms with Crippen LogP contribution in [0.4, 0.5) is 8.78 Å². The quantitative estimate of drug-likeness (QED) is 0.743. The molecule has 0 aromatic heterocycles. The molecule has 0 bridgehead atoms. The number of rotatable bonds is 6. The molecule has 4 rings (SSSR count). The maximum absolute atomic E-state index is 14.7. The number of aliphatic imine (C=N–C) groups is 1. The first kappa shape index (κ1) is 20.8. The van der Waals surface area contributed by atoms with E-state index in [0.29, 0.717) is 22.7 Å². The summed E-state index contributed by atoms with van der Waals surface area (Å²) in [7, 11) is 1.82. The molecule has 0 spiro atoms. The van der Waals surface area contributed by atoms with E-state index in [4.69, 9.17) is 0 Å². The maximum Gasteiger partial charge on any atom is 0.206 e. The van der Waals surface area contributed by atoms with Crippen LogP contribution < -0.4 is 5.32 Å². The van der Waals surface area contributed by atoms with Crippen molar-refractivity contribution in [2.75, 3.05) is 7.05 Å². The molecule has 2 heterocycles. The predicted molar refractivity (Wildman–Crippen MR) is 121 cm³/mol. The number of nitrogens with one attached hydrogen (secondary N) is 1. The number of nitrogens with zero attached hydrogens (tertiary/aromatic N) is 4. The fourth-order valence-electron chi connectivity index (χ4n) is 4.05. The molecule has 0 amide bonds. The Morgan fingerprint density at radius 2 is 1.94 bits per heavy atom. The Balaban J connectivity index is 1.65. The first-order chi connectivity index (χ1) is 15.0.